The summed E-state index contributed by atoms with van der Waals surface area (Å²) in [6.45, 7) is 2.76. The molecule has 1 aliphatic rings. The van der Waals surface area contributed by atoms with Crippen LogP contribution in [-0.4, -0.2) is 42.2 Å². The van der Waals surface area contributed by atoms with E-state index in [1.165, 1.54) is 47.0 Å². The van der Waals surface area contributed by atoms with Gasteiger partial charge in [-0.1, -0.05) is 6.07 Å². The van der Waals surface area contributed by atoms with Gasteiger partial charge < -0.3 is 14.8 Å². The summed E-state index contributed by atoms with van der Waals surface area (Å²) in [5, 5.41) is 4.82. The maximum Gasteiger partial charge on any atom is 0.332 e. The fourth-order valence-corrected chi connectivity index (χ4v) is 5.22. The maximum absolute atomic E-state index is 14.8. The second kappa shape index (κ2) is 9.97. The van der Waals surface area contributed by atoms with Crippen LogP contribution in [0.25, 0.3) is 22.4 Å². The fourth-order valence-electron chi connectivity index (χ4n) is 4.48. The van der Waals surface area contributed by atoms with Crippen LogP contribution in [0, 0.1) is 5.82 Å². The van der Waals surface area contributed by atoms with Crippen LogP contribution < -0.4 is 21.5 Å². The van der Waals surface area contributed by atoms with Crippen LogP contribution in [0.5, 0.6) is 0 Å². The zero-order chi connectivity index (χ0) is 24.9. The topological polar surface area (TPSA) is 107 Å². The molecule has 190 valence electrons. The molecule has 5 rings (SSSR count). The van der Waals surface area contributed by atoms with Gasteiger partial charge in [-0.15, -0.1) is 28.3 Å². The quantitative estimate of drug-likeness (QED) is 0.391. The van der Waals surface area contributed by atoms with Gasteiger partial charge >= 0.3 is 5.69 Å². The highest BCUT2D eigenvalue weighted by Gasteiger charge is 2.23. The first-order valence-electron chi connectivity index (χ1n) is 11.2. The van der Waals surface area contributed by atoms with E-state index in [4.69, 9.17) is 0 Å². The number of amides is 1. The molecular formula is C23H25BrFN7O3S. The van der Waals surface area contributed by atoms with Gasteiger partial charge in [0.25, 0.3) is 5.56 Å². The summed E-state index contributed by atoms with van der Waals surface area (Å²) in [7, 11) is 2.89. The van der Waals surface area contributed by atoms with Gasteiger partial charge in [0, 0.05) is 37.6 Å². The smallest absolute Gasteiger partial charge is 0.332 e. The summed E-state index contributed by atoms with van der Waals surface area (Å²) in [4.78, 5) is 47.9. The summed E-state index contributed by atoms with van der Waals surface area (Å²) in [6.07, 6.45) is 3.46. The molecule has 1 saturated heterocycles. The lowest BCUT2D eigenvalue weighted by Gasteiger charge is -2.24. The van der Waals surface area contributed by atoms with E-state index in [9.17, 15) is 18.8 Å². The van der Waals surface area contributed by atoms with Crippen LogP contribution >= 0.6 is 28.3 Å². The molecule has 3 aromatic heterocycles. The molecule has 36 heavy (non-hydrogen) atoms. The predicted octanol–water partition coefficient (Wildman–Crippen LogP) is 2.90. The van der Waals surface area contributed by atoms with Crippen molar-refractivity contribution in [1.29, 1.82) is 0 Å². The number of hydrogen-bond donors (Lipinski definition) is 1. The highest BCUT2D eigenvalue weighted by atomic mass is 79.9. The lowest BCUT2D eigenvalue weighted by molar-refractivity contribution is -0.116. The number of carbonyl (C=O) groups is 1. The summed E-state index contributed by atoms with van der Waals surface area (Å²) >= 11 is 1.22. The van der Waals surface area contributed by atoms with Crippen LogP contribution in [-0.2, 0) is 25.4 Å². The normalized spacial score (nSPS) is 15.3. The first-order valence-corrected chi connectivity index (χ1v) is 12.1. The van der Waals surface area contributed by atoms with Gasteiger partial charge in [0.1, 0.15) is 12.4 Å². The molecule has 0 radical (unpaired) electrons. The molecule has 1 fully saturated rings. The third kappa shape index (κ3) is 4.48. The van der Waals surface area contributed by atoms with E-state index in [-0.39, 0.29) is 40.5 Å². The standard InChI is InChI=1S/C23H24FN7O3S.BrH/c1-13-5-4-8-31(13)17-7-6-14(9-15(17)24)16-11-35-22(26-16)27-18(32)10-30-12-25-20-19(30)21(33)29(3)23(34)28(20)2;/h6-7,9,11-13H,4-5,8,10H2,1-3H3,(H,26,27,32);1H/t13-;/m0./s1. The van der Waals surface area contributed by atoms with Gasteiger partial charge in [0.15, 0.2) is 16.3 Å². The number of halogens is 2. The van der Waals surface area contributed by atoms with E-state index < -0.39 is 17.2 Å². The second-order valence-corrected chi connectivity index (χ2v) is 9.55. The van der Waals surface area contributed by atoms with Crippen LogP contribution in [0.4, 0.5) is 15.2 Å². The largest absolute Gasteiger partial charge is 0.366 e. The zero-order valence-electron chi connectivity index (χ0n) is 19.9. The molecular weight excluding hydrogens is 553 g/mol. The highest BCUT2D eigenvalue weighted by molar-refractivity contribution is 8.93. The number of imidazole rings is 1. The van der Waals surface area contributed by atoms with Crippen molar-refractivity contribution < 1.29 is 9.18 Å². The third-order valence-corrected chi connectivity index (χ3v) is 7.15. The van der Waals surface area contributed by atoms with Crippen molar-refractivity contribution in [2.75, 3.05) is 16.8 Å². The van der Waals surface area contributed by atoms with Crippen LogP contribution in [0.3, 0.4) is 0 Å². The number of aryl methyl sites for hydroxylation is 1. The number of rotatable bonds is 5. The van der Waals surface area contributed by atoms with Crippen LogP contribution in [0.1, 0.15) is 19.8 Å². The van der Waals surface area contributed by atoms with E-state index in [0.29, 0.717) is 28.1 Å². The molecule has 1 aliphatic heterocycles. The van der Waals surface area contributed by atoms with Crippen molar-refractivity contribution in [1.82, 2.24) is 23.7 Å². The molecule has 0 unspecified atom stereocenters. The van der Waals surface area contributed by atoms with Gasteiger partial charge in [-0.2, -0.15) is 0 Å². The number of fused-ring (bicyclic) bond motifs is 1. The molecule has 0 bridgehead atoms. The van der Waals surface area contributed by atoms with E-state index in [0.717, 1.165) is 24.0 Å². The Balaban J connectivity index is 0.00000304. The van der Waals surface area contributed by atoms with Crippen molar-refractivity contribution in [2.45, 2.75) is 32.4 Å². The molecule has 13 heteroatoms. The number of nitrogens with one attached hydrogen (secondary N) is 1. The second-order valence-electron chi connectivity index (χ2n) is 8.69. The molecule has 1 aromatic carbocycles. The van der Waals surface area contributed by atoms with Crippen molar-refractivity contribution in [2.24, 2.45) is 14.1 Å². The SMILES string of the molecule is Br.C[C@H]1CCCN1c1ccc(-c2csc(NC(=O)Cn3cnc4c3c(=O)n(C)c(=O)n4C)n2)cc1F. The minimum atomic E-state index is -0.529. The number of nitrogens with zero attached hydrogens (tertiary/aromatic N) is 6. The Morgan fingerprint density at radius 3 is 2.72 bits per heavy atom. The highest BCUT2D eigenvalue weighted by Crippen LogP contribution is 2.32. The Bertz CT molecular complexity index is 1570. The van der Waals surface area contributed by atoms with Crippen LogP contribution in [0.15, 0.2) is 39.5 Å². The van der Waals surface area contributed by atoms with Crippen molar-refractivity contribution in [3.63, 3.8) is 0 Å². The van der Waals surface area contributed by atoms with Crippen molar-refractivity contribution >= 4 is 56.2 Å². The summed E-state index contributed by atoms with van der Waals surface area (Å²) in [5.41, 5.74) is 1.12. The molecule has 0 aliphatic carbocycles. The Morgan fingerprint density at radius 2 is 2.03 bits per heavy atom. The Hall–Kier alpha value is -3.32. The van der Waals surface area contributed by atoms with Gasteiger partial charge in [-0.25, -0.2) is 19.2 Å². The molecule has 1 amide bonds. The number of hydrogen-bond acceptors (Lipinski definition) is 7. The lowest BCUT2D eigenvalue weighted by Crippen LogP contribution is -2.37. The van der Waals surface area contributed by atoms with E-state index >= 15 is 0 Å². The zero-order valence-corrected chi connectivity index (χ0v) is 22.4. The third-order valence-electron chi connectivity index (χ3n) is 6.39. The van der Waals surface area contributed by atoms with Crippen LogP contribution in [0.2, 0.25) is 0 Å². The Labute approximate surface area is 219 Å². The first kappa shape index (κ1) is 25.8. The lowest BCUT2D eigenvalue weighted by atomic mass is 10.1. The summed E-state index contributed by atoms with van der Waals surface area (Å²) in [6, 6.07) is 5.40. The molecule has 4 heterocycles. The summed E-state index contributed by atoms with van der Waals surface area (Å²) < 4.78 is 18.5. The van der Waals surface area contributed by atoms with E-state index in [1.807, 2.05) is 6.07 Å². The molecule has 4 aromatic rings. The average molecular weight is 578 g/mol. The van der Waals surface area contributed by atoms with Gasteiger partial charge in [0.05, 0.1) is 17.7 Å². The number of thiazole rings is 1. The molecule has 1 N–H and O–H groups in total. The number of benzene rings is 1. The molecule has 0 saturated carbocycles. The Morgan fingerprint density at radius 1 is 1.25 bits per heavy atom. The number of carbonyl (C=O) groups excluding carboxylic acids is 1. The minimum Gasteiger partial charge on any atom is -0.366 e. The molecule has 0 spiro atoms. The average Bonchev–Trinajstić information content (AvgIpc) is 3.57. The predicted molar refractivity (Wildman–Crippen MR) is 143 cm³/mol. The maximum atomic E-state index is 14.8. The monoisotopic (exact) mass is 577 g/mol. The van der Waals surface area contributed by atoms with Gasteiger partial charge in [-0.05, 0) is 31.9 Å². The number of anilines is 2. The summed E-state index contributed by atoms with van der Waals surface area (Å²) in [5.74, 6) is -0.705. The fraction of sp³-hybridized carbons (Fsp3) is 0.348. The van der Waals surface area contributed by atoms with Crippen molar-refractivity contribution in [3.8, 4) is 11.3 Å². The molecule has 10 nitrogen and oxygen atoms in total. The number of aromatic nitrogens is 5. The van der Waals surface area contributed by atoms with E-state index in [2.05, 4.69) is 27.1 Å². The minimum absolute atomic E-state index is 0. The molecule has 1 atom stereocenters. The van der Waals surface area contributed by atoms with Gasteiger partial charge in [-0.3, -0.25) is 18.7 Å². The van der Waals surface area contributed by atoms with Gasteiger partial charge in [0.2, 0.25) is 5.91 Å². The Kier molecular flexibility index (Phi) is 7.14. The van der Waals surface area contributed by atoms with E-state index in [1.54, 1.807) is 11.4 Å². The van der Waals surface area contributed by atoms with Crippen molar-refractivity contribution in [3.05, 3.63) is 56.6 Å². The first-order chi connectivity index (χ1) is 16.7.